The van der Waals surface area contributed by atoms with Gasteiger partial charge in [-0.3, -0.25) is 9.59 Å². The minimum atomic E-state index is -1.18. The molecular formula is C8H17NO5. The summed E-state index contributed by atoms with van der Waals surface area (Å²) in [6.07, 6.45) is 0. The van der Waals surface area contributed by atoms with Gasteiger partial charge in [0, 0.05) is 0 Å². The van der Waals surface area contributed by atoms with E-state index in [1.807, 2.05) is 20.8 Å². The van der Waals surface area contributed by atoms with Crippen molar-refractivity contribution in [3.05, 3.63) is 0 Å². The molecule has 1 atom stereocenters. The molecule has 0 radical (unpaired) electrons. The molecule has 6 nitrogen and oxygen atoms in total. The zero-order valence-electron chi connectivity index (χ0n) is 8.56. The summed E-state index contributed by atoms with van der Waals surface area (Å²) in [7, 11) is 0. The van der Waals surface area contributed by atoms with Crippen molar-refractivity contribution in [2.45, 2.75) is 32.4 Å². The molecule has 0 rings (SSSR count). The summed E-state index contributed by atoms with van der Waals surface area (Å²) in [6.45, 7) is 5.42. The molecule has 0 bridgehead atoms. The summed E-state index contributed by atoms with van der Waals surface area (Å²) < 4.78 is 4.55. The number of aliphatic hydroxyl groups is 1. The van der Waals surface area contributed by atoms with Crippen molar-refractivity contribution in [1.82, 2.24) is 0 Å². The van der Waals surface area contributed by atoms with Crippen molar-refractivity contribution in [2.24, 2.45) is 5.73 Å². The van der Waals surface area contributed by atoms with E-state index in [9.17, 15) is 9.59 Å². The first kappa shape index (κ1) is 15.3. The highest BCUT2D eigenvalue weighted by Crippen LogP contribution is 2.02. The van der Waals surface area contributed by atoms with Crippen LogP contribution in [0.1, 0.15) is 20.8 Å². The Morgan fingerprint density at radius 3 is 2.00 bits per heavy atom. The normalized spacial score (nSPS) is 12.1. The Balaban J connectivity index is 0. The third-order valence-corrected chi connectivity index (χ3v) is 0.916. The average molecular weight is 207 g/mol. The molecule has 0 spiro atoms. The summed E-state index contributed by atoms with van der Waals surface area (Å²) in [5.41, 5.74) is 4.45. The summed E-state index contributed by atoms with van der Waals surface area (Å²) in [6, 6.07) is -1.13. The maximum atomic E-state index is 9.65. The predicted octanol–water partition coefficient (Wildman–Crippen LogP) is -0.651. The minimum absolute atomic E-state index is 0.318. The molecule has 0 aliphatic carbocycles. The minimum Gasteiger partial charge on any atom is -0.480 e. The van der Waals surface area contributed by atoms with E-state index in [1.165, 1.54) is 0 Å². The van der Waals surface area contributed by atoms with Gasteiger partial charge in [0.1, 0.15) is 11.6 Å². The summed E-state index contributed by atoms with van der Waals surface area (Å²) in [4.78, 5) is 19.2. The van der Waals surface area contributed by atoms with Crippen molar-refractivity contribution in [3.63, 3.8) is 0 Å². The zero-order chi connectivity index (χ0) is 11.8. The third kappa shape index (κ3) is 13.4. The number of ether oxygens (including phenoxy) is 1. The molecule has 6 heteroatoms. The third-order valence-electron chi connectivity index (χ3n) is 0.916. The van der Waals surface area contributed by atoms with Crippen LogP contribution in [0.15, 0.2) is 0 Å². The van der Waals surface area contributed by atoms with Crippen LogP contribution in [-0.4, -0.2) is 40.9 Å². The number of rotatable bonds is 3. The van der Waals surface area contributed by atoms with Crippen LogP contribution in [0, 0.1) is 0 Å². The van der Waals surface area contributed by atoms with E-state index >= 15 is 0 Å². The predicted molar refractivity (Wildman–Crippen MR) is 49.6 cm³/mol. The maximum Gasteiger partial charge on any atom is 0.322 e. The van der Waals surface area contributed by atoms with Gasteiger partial charge in [-0.05, 0) is 20.8 Å². The Kier molecular flexibility index (Phi) is 7.98. The van der Waals surface area contributed by atoms with Crippen LogP contribution in [-0.2, 0) is 14.3 Å². The van der Waals surface area contributed by atoms with Gasteiger partial charge in [0.25, 0.3) is 6.47 Å². The lowest BCUT2D eigenvalue weighted by atomic mass is 10.2. The lowest BCUT2D eigenvalue weighted by Gasteiger charge is -2.14. The van der Waals surface area contributed by atoms with Crippen molar-refractivity contribution < 1.29 is 24.5 Å². The van der Waals surface area contributed by atoms with Gasteiger partial charge in [-0.25, -0.2) is 0 Å². The SMILES string of the molecule is CC(C)(C)OC=O.N[C@@H](CO)C(=O)O. The second-order valence-electron chi connectivity index (χ2n) is 3.45. The van der Waals surface area contributed by atoms with Crippen LogP contribution in [0.5, 0.6) is 0 Å². The first-order valence-corrected chi connectivity index (χ1v) is 3.95. The molecule has 0 aliphatic heterocycles. The van der Waals surface area contributed by atoms with Gasteiger partial charge in [-0.15, -0.1) is 0 Å². The standard InChI is InChI=1S/C5H10O2.C3H7NO3/c1-5(2,3)7-4-6;4-2(1-5)3(6)7/h4H,1-3H3;2,5H,1,4H2,(H,6,7)/t;2-/m.0/s1. The molecule has 0 amide bonds. The molecule has 0 unspecified atom stereocenters. The van der Waals surface area contributed by atoms with E-state index in [-0.39, 0.29) is 5.60 Å². The fraction of sp³-hybridized carbons (Fsp3) is 0.750. The van der Waals surface area contributed by atoms with Gasteiger partial charge in [-0.2, -0.15) is 0 Å². The molecule has 4 N–H and O–H groups in total. The molecular weight excluding hydrogens is 190 g/mol. The fourth-order valence-electron chi connectivity index (χ4n) is 0.222. The quantitative estimate of drug-likeness (QED) is 0.530. The smallest absolute Gasteiger partial charge is 0.322 e. The van der Waals surface area contributed by atoms with Gasteiger partial charge < -0.3 is 20.7 Å². The summed E-state index contributed by atoms with van der Waals surface area (Å²) in [5, 5.41) is 15.9. The van der Waals surface area contributed by atoms with E-state index in [1.54, 1.807) is 0 Å². The highest BCUT2D eigenvalue weighted by Gasteiger charge is 2.07. The second kappa shape index (κ2) is 7.28. The van der Waals surface area contributed by atoms with Crippen LogP contribution >= 0.6 is 0 Å². The number of aliphatic hydroxyl groups excluding tert-OH is 1. The number of hydrogen-bond acceptors (Lipinski definition) is 5. The molecule has 0 aromatic rings. The molecule has 0 saturated heterocycles. The van der Waals surface area contributed by atoms with Crippen molar-refractivity contribution >= 4 is 12.4 Å². The zero-order valence-corrected chi connectivity index (χ0v) is 8.56. The Morgan fingerprint density at radius 2 is 2.00 bits per heavy atom. The van der Waals surface area contributed by atoms with Gasteiger partial charge in [0.15, 0.2) is 0 Å². The molecule has 0 aliphatic rings. The number of hydrogen-bond donors (Lipinski definition) is 3. The van der Waals surface area contributed by atoms with E-state index in [0.717, 1.165) is 0 Å². The number of carboxylic acid groups (broad SMARTS) is 1. The van der Waals surface area contributed by atoms with Gasteiger partial charge in [-0.1, -0.05) is 0 Å². The number of aliphatic carboxylic acids is 1. The fourth-order valence-corrected chi connectivity index (χ4v) is 0.222. The summed E-state index contributed by atoms with van der Waals surface area (Å²) in [5.74, 6) is -1.18. The van der Waals surface area contributed by atoms with E-state index < -0.39 is 18.6 Å². The van der Waals surface area contributed by atoms with Crippen LogP contribution < -0.4 is 5.73 Å². The van der Waals surface area contributed by atoms with Crippen LogP contribution in [0.2, 0.25) is 0 Å². The first-order valence-electron chi connectivity index (χ1n) is 3.95. The van der Waals surface area contributed by atoms with Crippen molar-refractivity contribution in [3.8, 4) is 0 Å². The number of carbonyl (C=O) groups excluding carboxylic acids is 1. The summed E-state index contributed by atoms with van der Waals surface area (Å²) >= 11 is 0. The Bertz CT molecular complexity index is 175. The Morgan fingerprint density at radius 1 is 1.57 bits per heavy atom. The average Bonchev–Trinajstić information content (AvgIpc) is 2.01. The van der Waals surface area contributed by atoms with Gasteiger partial charge in [0.2, 0.25) is 0 Å². The Labute approximate surface area is 82.7 Å². The molecule has 84 valence electrons. The number of nitrogens with two attached hydrogens (primary N) is 1. The van der Waals surface area contributed by atoms with Crippen LogP contribution in [0.4, 0.5) is 0 Å². The van der Waals surface area contributed by atoms with Crippen molar-refractivity contribution in [2.75, 3.05) is 6.61 Å². The van der Waals surface area contributed by atoms with E-state index in [4.69, 9.17) is 15.9 Å². The Hall–Kier alpha value is -1.14. The number of carboxylic acids is 1. The first-order chi connectivity index (χ1) is 6.24. The molecule has 0 saturated carbocycles. The largest absolute Gasteiger partial charge is 0.480 e. The highest BCUT2D eigenvalue weighted by atomic mass is 16.5. The van der Waals surface area contributed by atoms with Crippen LogP contribution in [0.25, 0.3) is 0 Å². The van der Waals surface area contributed by atoms with E-state index in [2.05, 4.69) is 4.74 Å². The molecule has 0 heterocycles. The van der Waals surface area contributed by atoms with Crippen LogP contribution in [0.3, 0.4) is 0 Å². The van der Waals surface area contributed by atoms with E-state index in [0.29, 0.717) is 6.47 Å². The number of carbonyl (C=O) groups is 2. The second-order valence-corrected chi connectivity index (χ2v) is 3.45. The van der Waals surface area contributed by atoms with Crippen molar-refractivity contribution in [1.29, 1.82) is 0 Å². The molecule has 0 aromatic heterocycles. The lowest BCUT2D eigenvalue weighted by molar-refractivity contribution is -0.140. The lowest BCUT2D eigenvalue weighted by Crippen LogP contribution is -2.33. The highest BCUT2D eigenvalue weighted by molar-refractivity contribution is 5.73. The molecule has 0 fully saturated rings. The molecule has 0 aromatic carbocycles. The maximum absolute atomic E-state index is 9.65. The monoisotopic (exact) mass is 207 g/mol. The van der Waals surface area contributed by atoms with Gasteiger partial charge in [0.05, 0.1) is 6.61 Å². The molecule has 14 heavy (non-hydrogen) atoms. The van der Waals surface area contributed by atoms with Gasteiger partial charge >= 0.3 is 5.97 Å². The topological polar surface area (TPSA) is 110 Å².